The Hall–Kier alpha value is -2.64. The van der Waals surface area contributed by atoms with Gasteiger partial charge in [0.05, 0.1) is 18.1 Å². The third-order valence-electron chi connectivity index (χ3n) is 2.32. The Balaban J connectivity index is 3.57. The van der Waals surface area contributed by atoms with Crippen molar-refractivity contribution in [2.75, 3.05) is 7.11 Å². The van der Waals surface area contributed by atoms with Crippen LogP contribution in [0.2, 0.25) is 0 Å². The van der Waals surface area contributed by atoms with Crippen molar-refractivity contribution in [1.82, 2.24) is 0 Å². The van der Waals surface area contributed by atoms with Gasteiger partial charge >= 0.3 is 17.6 Å². The lowest BCUT2D eigenvalue weighted by Gasteiger charge is -2.14. The number of nitro groups is 1. The van der Waals surface area contributed by atoms with Gasteiger partial charge in [0.15, 0.2) is 5.75 Å². The average Bonchev–Trinajstić information content (AvgIpc) is 2.31. The molecule has 0 heterocycles. The predicted molar refractivity (Wildman–Crippen MR) is 67.0 cm³/mol. The fraction of sp³-hybridized carbons (Fsp3) is 0.333. The highest BCUT2D eigenvalue weighted by molar-refractivity contribution is 5.77. The highest BCUT2D eigenvalue weighted by Crippen LogP contribution is 2.44. The third-order valence-corrected chi connectivity index (χ3v) is 2.32. The van der Waals surface area contributed by atoms with E-state index >= 15 is 0 Å². The fourth-order valence-electron chi connectivity index (χ4n) is 1.58. The molecule has 0 spiro atoms. The predicted octanol–water partition coefficient (Wildman–Crippen LogP) is 1.76. The largest absolute Gasteiger partial charge is 0.492 e. The molecular weight excluding hydrogens is 270 g/mol. The van der Waals surface area contributed by atoms with E-state index < -0.39 is 22.5 Å². The molecule has 0 unspecified atom stereocenters. The van der Waals surface area contributed by atoms with Crippen LogP contribution in [0, 0.1) is 17.0 Å². The number of nitro benzene ring substituents is 1. The maximum atomic E-state index is 11.0. The van der Waals surface area contributed by atoms with Crippen LogP contribution in [-0.2, 0) is 9.59 Å². The third kappa shape index (κ3) is 3.22. The normalized spacial score (nSPS) is 9.80. The summed E-state index contributed by atoms with van der Waals surface area (Å²) in [4.78, 5) is 32.3. The minimum atomic E-state index is -0.757. The number of esters is 2. The van der Waals surface area contributed by atoms with Gasteiger partial charge in [0.2, 0.25) is 5.75 Å². The molecule has 0 amide bonds. The number of carbonyl (C=O) groups excluding carboxylic acids is 2. The van der Waals surface area contributed by atoms with Crippen LogP contribution in [0.1, 0.15) is 19.4 Å². The Morgan fingerprint density at radius 3 is 2.10 bits per heavy atom. The summed E-state index contributed by atoms with van der Waals surface area (Å²) in [6.07, 6.45) is 0. The molecule has 108 valence electrons. The van der Waals surface area contributed by atoms with Crippen LogP contribution in [0.5, 0.6) is 17.2 Å². The van der Waals surface area contributed by atoms with E-state index in [1.807, 2.05) is 0 Å². The first-order valence-electron chi connectivity index (χ1n) is 5.50. The van der Waals surface area contributed by atoms with Crippen LogP contribution in [0.3, 0.4) is 0 Å². The van der Waals surface area contributed by atoms with E-state index in [1.54, 1.807) is 0 Å². The number of ether oxygens (including phenoxy) is 3. The Bertz CT molecular complexity index is 580. The zero-order valence-corrected chi connectivity index (χ0v) is 11.4. The smallest absolute Gasteiger partial charge is 0.319 e. The molecule has 0 aliphatic carbocycles. The topological polar surface area (TPSA) is 105 Å². The van der Waals surface area contributed by atoms with Gasteiger partial charge in [-0.15, -0.1) is 0 Å². The van der Waals surface area contributed by atoms with Gasteiger partial charge in [-0.1, -0.05) is 0 Å². The Labute approximate surface area is 114 Å². The lowest BCUT2D eigenvalue weighted by molar-refractivity contribution is -0.385. The fourth-order valence-corrected chi connectivity index (χ4v) is 1.58. The van der Waals surface area contributed by atoms with E-state index in [2.05, 4.69) is 0 Å². The van der Waals surface area contributed by atoms with Gasteiger partial charge in [0.1, 0.15) is 5.75 Å². The SMILES string of the molecule is COc1c(C)c(OC(C)=O)cc([N+](=O)[O-])c1OC(C)=O. The molecule has 0 bridgehead atoms. The van der Waals surface area contributed by atoms with Crippen LogP contribution in [0.15, 0.2) is 6.07 Å². The zero-order chi connectivity index (χ0) is 15.4. The molecule has 1 aromatic carbocycles. The van der Waals surface area contributed by atoms with Gasteiger partial charge in [0, 0.05) is 19.4 Å². The maximum absolute atomic E-state index is 11.0. The molecule has 1 rings (SSSR count). The summed E-state index contributed by atoms with van der Waals surface area (Å²) >= 11 is 0. The van der Waals surface area contributed by atoms with Crippen molar-refractivity contribution >= 4 is 17.6 Å². The van der Waals surface area contributed by atoms with Crippen molar-refractivity contribution in [2.24, 2.45) is 0 Å². The summed E-state index contributed by atoms with van der Waals surface area (Å²) in [6, 6.07) is 1.01. The molecule has 1 aromatic rings. The summed E-state index contributed by atoms with van der Waals surface area (Å²) < 4.78 is 14.7. The first kappa shape index (κ1) is 15.4. The highest BCUT2D eigenvalue weighted by atomic mass is 16.6. The first-order chi connectivity index (χ1) is 9.27. The van der Waals surface area contributed by atoms with E-state index in [4.69, 9.17) is 14.2 Å². The van der Waals surface area contributed by atoms with E-state index in [-0.39, 0.29) is 17.2 Å². The lowest BCUT2D eigenvalue weighted by Crippen LogP contribution is -2.09. The molecule has 0 N–H and O–H groups in total. The van der Waals surface area contributed by atoms with Gasteiger partial charge in [-0.2, -0.15) is 0 Å². The number of carbonyl (C=O) groups is 2. The lowest BCUT2D eigenvalue weighted by atomic mass is 10.1. The van der Waals surface area contributed by atoms with Gasteiger partial charge < -0.3 is 14.2 Å². The van der Waals surface area contributed by atoms with Gasteiger partial charge in [-0.25, -0.2) is 0 Å². The van der Waals surface area contributed by atoms with Crippen molar-refractivity contribution in [1.29, 1.82) is 0 Å². The molecule has 0 saturated carbocycles. The van der Waals surface area contributed by atoms with E-state index in [1.165, 1.54) is 14.0 Å². The number of rotatable bonds is 4. The summed E-state index contributed by atoms with van der Waals surface area (Å²) in [5.74, 6) is -1.75. The molecule has 0 atom stereocenters. The van der Waals surface area contributed by atoms with Crippen LogP contribution in [0.25, 0.3) is 0 Å². The average molecular weight is 283 g/mol. The molecule has 0 aliphatic rings. The van der Waals surface area contributed by atoms with Gasteiger partial charge in [0.25, 0.3) is 0 Å². The molecule has 0 saturated heterocycles. The Kier molecular flexibility index (Phi) is 4.63. The Morgan fingerprint density at radius 1 is 1.15 bits per heavy atom. The van der Waals surface area contributed by atoms with Crippen LogP contribution in [-0.4, -0.2) is 24.0 Å². The minimum absolute atomic E-state index is 0.0306. The number of nitrogens with zero attached hydrogens (tertiary/aromatic N) is 1. The second-order valence-electron chi connectivity index (χ2n) is 3.83. The van der Waals surface area contributed by atoms with Crippen molar-refractivity contribution in [2.45, 2.75) is 20.8 Å². The van der Waals surface area contributed by atoms with Crippen molar-refractivity contribution in [3.63, 3.8) is 0 Å². The van der Waals surface area contributed by atoms with E-state index in [0.29, 0.717) is 5.56 Å². The summed E-state index contributed by atoms with van der Waals surface area (Å²) in [5.41, 5.74) is -0.219. The molecule has 0 aromatic heterocycles. The zero-order valence-electron chi connectivity index (χ0n) is 11.4. The molecular formula is C12H13NO7. The van der Waals surface area contributed by atoms with E-state index in [9.17, 15) is 19.7 Å². The van der Waals surface area contributed by atoms with Crippen LogP contribution < -0.4 is 14.2 Å². The van der Waals surface area contributed by atoms with Gasteiger partial charge in [-0.3, -0.25) is 19.7 Å². The Morgan fingerprint density at radius 2 is 1.70 bits per heavy atom. The van der Waals surface area contributed by atoms with E-state index in [0.717, 1.165) is 19.9 Å². The van der Waals surface area contributed by atoms with Crippen LogP contribution >= 0.6 is 0 Å². The second-order valence-corrected chi connectivity index (χ2v) is 3.83. The number of hydrogen-bond donors (Lipinski definition) is 0. The highest BCUT2D eigenvalue weighted by Gasteiger charge is 2.27. The molecule has 8 heteroatoms. The molecule has 0 aliphatic heterocycles. The van der Waals surface area contributed by atoms with Crippen LogP contribution in [0.4, 0.5) is 5.69 Å². The molecule has 0 fully saturated rings. The maximum Gasteiger partial charge on any atom is 0.319 e. The summed E-state index contributed by atoms with van der Waals surface area (Å²) in [5, 5.41) is 11.0. The quantitative estimate of drug-likeness (QED) is 0.359. The van der Waals surface area contributed by atoms with Crippen molar-refractivity contribution in [3.8, 4) is 17.2 Å². The summed E-state index contributed by atoms with van der Waals surface area (Å²) in [6.45, 7) is 3.80. The van der Waals surface area contributed by atoms with Crippen molar-refractivity contribution in [3.05, 3.63) is 21.7 Å². The number of hydrogen-bond acceptors (Lipinski definition) is 7. The molecule has 0 radical (unpaired) electrons. The number of benzene rings is 1. The van der Waals surface area contributed by atoms with Crippen molar-refractivity contribution < 1.29 is 28.7 Å². The number of methoxy groups -OCH3 is 1. The molecule has 8 nitrogen and oxygen atoms in total. The standard InChI is InChI=1S/C12H13NO7/c1-6-10(19-7(2)14)5-9(13(16)17)12(11(6)18-4)20-8(3)15/h5H,1-4H3. The minimum Gasteiger partial charge on any atom is -0.492 e. The summed E-state index contributed by atoms with van der Waals surface area (Å²) in [7, 11) is 1.26. The molecule has 20 heavy (non-hydrogen) atoms. The van der Waals surface area contributed by atoms with Gasteiger partial charge in [-0.05, 0) is 6.92 Å². The first-order valence-corrected chi connectivity index (χ1v) is 5.50. The monoisotopic (exact) mass is 283 g/mol. The second kappa shape index (κ2) is 6.00.